The van der Waals surface area contributed by atoms with E-state index < -0.39 is 12.1 Å². The molecular weight excluding hydrogens is 248 g/mol. The molecule has 0 aromatic heterocycles. The van der Waals surface area contributed by atoms with Crippen molar-refractivity contribution < 1.29 is 19.4 Å². The van der Waals surface area contributed by atoms with Crippen LogP contribution in [0.2, 0.25) is 0 Å². The number of rotatable bonds is 6. The number of nitrogens with one attached hydrogen (secondary N) is 1. The zero-order valence-electron chi connectivity index (χ0n) is 11.7. The van der Waals surface area contributed by atoms with Gasteiger partial charge in [0.05, 0.1) is 6.54 Å². The molecule has 0 aromatic rings. The van der Waals surface area contributed by atoms with E-state index in [9.17, 15) is 9.59 Å². The molecule has 1 saturated heterocycles. The van der Waals surface area contributed by atoms with Gasteiger partial charge in [0.1, 0.15) is 0 Å². The molecule has 2 atom stereocenters. The van der Waals surface area contributed by atoms with Crippen molar-refractivity contribution in [1.82, 2.24) is 10.2 Å². The topological polar surface area (TPSA) is 78.9 Å². The fraction of sp³-hybridized carbons (Fsp3) is 0.846. The third-order valence-electron chi connectivity index (χ3n) is 3.51. The van der Waals surface area contributed by atoms with Crippen molar-refractivity contribution in [3.63, 3.8) is 0 Å². The maximum absolute atomic E-state index is 12.1. The quantitative estimate of drug-likeness (QED) is 0.767. The van der Waals surface area contributed by atoms with Gasteiger partial charge in [-0.05, 0) is 25.7 Å². The molecule has 1 fully saturated rings. The number of likely N-dealkylation sites (tertiary alicyclic amines) is 1. The van der Waals surface area contributed by atoms with Crippen LogP contribution in [0.3, 0.4) is 0 Å². The largest absolute Gasteiger partial charge is 0.479 e. The number of carbonyl (C=O) groups excluding carboxylic acids is 1. The van der Waals surface area contributed by atoms with Crippen molar-refractivity contribution in [2.75, 3.05) is 20.2 Å². The van der Waals surface area contributed by atoms with Gasteiger partial charge in [0, 0.05) is 19.7 Å². The van der Waals surface area contributed by atoms with Gasteiger partial charge in [0.15, 0.2) is 6.10 Å². The number of hydrogen-bond donors (Lipinski definition) is 2. The molecule has 6 nitrogen and oxygen atoms in total. The SMILES string of the molecule is CCCC1CCCCN1C(=O)NCC(OC)C(=O)O. The van der Waals surface area contributed by atoms with E-state index in [-0.39, 0.29) is 18.6 Å². The van der Waals surface area contributed by atoms with Gasteiger partial charge >= 0.3 is 12.0 Å². The molecule has 0 aromatic carbocycles. The number of carboxylic acids is 1. The lowest BCUT2D eigenvalue weighted by Gasteiger charge is -2.35. The third-order valence-corrected chi connectivity index (χ3v) is 3.51. The summed E-state index contributed by atoms with van der Waals surface area (Å²) in [6, 6.07) is 0.103. The van der Waals surface area contributed by atoms with Gasteiger partial charge in [-0.15, -0.1) is 0 Å². The summed E-state index contributed by atoms with van der Waals surface area (Å²) in [4.78, 5) is 24.7. The van der Waals surface area contributed by atoms with Gasteiger partial charge in [0.2, 0.25) is 0 Å². The first-order valence-corrected chi connectivity index (χ1v) is 6.90. The Kier molecular flexibility index (Phi) is 6.62. The molecule has 6 heteroatoms. The van der Waals surface area contributed by atoms with Crippen LogP contribution < -0.4 is 5.32 Å². The van der Waals surface area contributed by atoms with E-state index in [0.29, 0.717) is 0 Å². The lowest BCUT2D eigenvalue weighted by Crippen LogP contribution is -2.50. The normalized spacial score (nSPS) is 20.9. The Balaban J connectivity index is 2.48. The highest BCUT2D eigenvalue weighted by atomic mass is 16.5. The number of urea groups is 1. The second kappa shape index (κ2) is 7.99. The summed E-state index contributed by atoms with van der Waals surface area (Å²) in [5.74, 6) is -1.06. The molecule has 0 spiro atoms. The number of nitrogens with zero attached hydrogens (tertiary/aromatic N) is 1. The zero-order valence-corrected chi connectivity index (χ0v) is 11.7. The van der Waals surface area contributed by atoms with Crippen LogP contribution in [0.15, 0.2) is 0 Å². The summed E-state index contributed by atoms with van der Waals surface area (Å²) >= 11 is 0. The minimum atomic E-state index is -1.06. The molecule has 0 saturated carbocycles. The van der Waals surface area contributed by atoms with Crippen LogP contribution in [-0.2, 0) is 9.53 Å². The van der Waals surface area contributed by atoms with Gasteiger partial charge < -0.3 is 20.1 Å². The van der Waals surface area contributed by atoms with Gasteiger partial charge in [-0.25, -0.2) is 9.59 Å². The van der Waals surface area contributed by atoms with Crippen molar-refractivity contribution in [2.45, 2.75) is 51.2 Å². The Bertz CT molecular complexity index is 307. The Labute approximate surface area is 114 Å². The second-order valence-electron chi connectivity index (χ2n) is 4.88. The van der Waals surface area contributed by atoms with Crippen molar-refractivity contribution in [2.24, 2.45) is 0 Å². The van der Waals surface area contributed by atoms with Gasteiger partial charge in [-0.1, -0.05) is 13.3 Å². The second-order valence-corrected chi connectivity index (χ2v) is 4.88. The van der Waals surface area contributed by atoms with E-state index in [1.54, 1.807) is 0 Å². The van der Waals surface area contributed by atoms with E-state index in [2.05, 4.69) is 12.2 Å². The molecule has 0 radical (unpaired) electrons. The molecular formula is C13H24N2O4. The molecule has 110 valence electrons. The standard InChI is InChI=1S/C13H24N2O4/c1-3-6-10-7-4-5-8-15(10)13(18)14-9-11(19-2)12(16)17/h10-11H,3-9H2,1-2H3,(H,14,18)(H,16,17). The summed E-state index contributed by atoms with van der Waals surface area (Å²) in [5, 5.41) is 11.5. The number of hydrogen-bond acceptors (Lipinski definition) is 3. The van der Waals surface area contributed by atoms with Gasteiger partial charge in [-0.2, -0.15) is 0 Å². The number of carboxylic acid groups (broad SMARTS) is 1. The number of ether oxygens (including phenoxy) is 1. The number of aliphatic carboxylic acids is 1. The molecule has 19 heavy (non-hydrogen) atoms. The average molecular weight is 272 g/mol. The first-order chi connectivity index (χ1) is 9.10. The summed E-state index contributed by atoms with van der Waals surface area (Å²) < 4.78 is 4.79. The monoisotopic (exact) mass is 272 g/mol. The van der Waals surface area contributed by atoms with Gasteiger partial charge in [-0.3, -0.25) is 0 Å². The predicted molar refractivity (Wildman–Crippen MR) is 71.1 cm³/mol. The molecule has 0 aliphatic carbocycles. The zero-order chi connectivity index (χ0) is 14.3. The van der Waals surface area contributed by atoms with Gasteiger partial charge in [0.25, 0.3) is 0 Å². The fourth-order valence-corrected chi connectivity index (χ4v) is 2.45. The number of carbonyl (C=O) groups is 2. The lowest BCUT2D eigenvalue weighted by atomic mass is 9.99. The summed E-state index contributed by atoms with van der Waals surface area (Å²) in [7, 11) is 1.33. The maximum Gasteiger partial charge on any atom is 0.334 e. The number of piperidine rings is 1. The smallest absolute Gasteiger partial charge is 0.334 e. The third kappa shape index (κ3) is 4.70. The van der Waals surface area contributed by atoms with Crippen LogP contribution in [0.5, 0.6) is 0 Å². The van der Waals surface area contributed by atoms with Crippen LogP contribution in [0.4, 0.5) is 4.79 Å². The van der Waals surface area contributed by atoms with E-state index >= 15 is 0 Å². The van der Waals surface area contributed by atoms with E-state index in [1.165, 1.54) is 7.11 Å². The molecule has 1 heterocycles. The minimum absolute atomic E-state index is 0.0000116. The highest BCUT2D eigenvalue weighted by molar-refractivity contribution is 5.77. The Morgan fingerprint density at radius 1 is 1.47 bits per heavy atom. The highest BCUT2D eigenvalue weighted by Gasteiger charge is 2.27. The first kappa shape index (κ1) is 15.8. The van der Waals surface area contributed by atoms with E-state index in [4.69, 9.17) is 9.84 Å². The van der Waals surface area contributed by atoms with Crippen molar-refractivity contribution in [3.8, 4) is 0 Å². The average Bonchev–Trinajstić information content (AvgIpc) is 2.40. The Morgan fingerprint density at radius 3 is 2.79 bits per heavy atom. The summed E-state index contributed by atoms with van der Waals surface area (Å²) in [5.41, 5.74) is 0. The van der Waals surface area contributed by atoms with Crippen LogP contribution in [0.25, 0.3) is 0 Å². The highest BCUT2D eigenvalue weighted by Crippen LogP contribution is 2.20. The first-order valence-electron chi connectivity index (χ1n) is 6.90. The molecule has 1 aliphatic rings. The van der Waals surface area contributed by atoms with E-state index in [1.807, 2.05) is 4.90 Å². The van der Waals surface area contributed by atoms with E-state index in [0.717, 1.165) is 38.6 Å². The Hall–Kier alpha value is -1.30. The number of amides is 2. The van der Waals surface area contributed by atoms with Crippen molar-refractivity contribution in [3.05, 3.63) is 0 Å². The van der Waals surface area contributed by atoms with Crippen molar-refractivity contribution in [1.29, 1.82) is 0 Å². The molecule has 0 bridgehead atoms. The lowest BCUT2D eigenvalue weighted by molar-refractivity contribution is -0.148. The minimum Gasteiger partial charge on any atom is -0.479 e. The number of methoxy groups -OCH3 is 1. The molecule has 2 amide bonds. The maximum atomic E-state index is 12.1. The molecule has 1 aliphatic heterocycles. The van der Waals surface area contributed by atoms with Crippen LogP contribution in [-0.4, -0.2) is 54.4 Å². The summed E-state index contributed by atoms with van der Waals surface area (Å²) in [6.07, 6.45) is 4.27. The predicted octanol–water partition coefficient (Wildman–Crippen LogP) is 1.45. The van der Waals surface area contributed by atoms with Crippen molar-refractivity contribution >= 4 is 12.0 Å². The summed E-state index contributed by atoms with van der Waals surface area (Å²) in [6.45, 7) is 2.86. The Morgan fingerprint density at radius 2 is 2.21 bits per heavy atom. The van der Waals surface area contributed by atoms with Crippen LogP contribution in [0.1, 0.15) is 39.0 Å². The van der Waals surface area contributed by atoms with Crippen LogP contribution >= 0.6 is 0 Å². The fourth-order valence-electron chi connectivity index (χ4n) is 2.45. The molecule has 2 unspecified atom stereocenters. The molecule has 2 N–H and O–H groups in total. The molecule has 1 rings (SSSR count). The van der Waals surface area contributed by atoms with Crippen LogP contribution in [0, 0.1) is 0 Å².